The first-order valence-corrected chi connectivity index (χ1v) is 4.73. The Balaban J connectivity index is 2.22. The lowest BCUT2D eigenvalue weighted by molar-refractivity contribution is 0.0781. The summed E-state index contributed by atoms with van der Waals surface area (Å²) in [4.78, 5) is 5.42. The molecule has 0 spiro atoms. The summed E-state index contributed by atoms with van der Waals surface area (Å²) < 4.78 is 12.8. The Morgan fingerprint density at radius 3 is 2.86 bits per heavy atom. The van der Waals surface area contributed by atoms with Gasteiger partial charge in [0.15, 0.2) is 0 Å². The van der Waals surface area contributed by atoms with E-state index >= 15 is 0 Å². The zero-order chi connectivity index (χ0) is 9.97. The smallest absolute Gasteiger partial charge is 0.125 e. The third-order valence-corrected chi connectivity index (χ3v) is 2.26. The van der Waals surface area contributed by atoms with E-state index in [1.807, 2.05) is 0 Å². The Labute approximate surface area is 82.2 Å². The van der Waals surface area contributed by atoms with Gasteiger partial charge in [-0.2, -0.15) is 0 Å². The summed E-state index contributed by atoms with van der Waals surface area (Å²) >= 11 is 0. The van der Waals surface area contributed by atoms with Crippen LogP contribution in [0.2, 0.25) is 0 Å². The van der Waals surface area contributed by atoms with Crippen LogP contribution in [-0.2, 0) is 4.84 Å². The highest BCUT2D eigenvalue weighted by Gasteiger charge is 2.14. The van der Waals surface area contributed by atoms with Crippen molar-refractivity contribution >= 4 is 11.4 Å². The van der Waals surface area contributed by atoms with Crippen molar-refractivity contribution < 1.29 is 9.23 Å². The normalized spacial score (nSPS) is 17.1. The van der Waals surface area contributed by atoms with E-state index in [1.165, 1.54) is 12.1 Å². The summed E-state index contributed by atoms with van der Waals surface area (Å²) in [6, 6.07) is 4.35. The van der Waals surface area contributed by atoms with E-state index in [9.17, 15) is 4.39 Å². The van der Waals surface area contributed by atoms with Gasteiger partial charge in [0.05, 0.1) is 18.0 Å². The van der Waals surface area contributed by atoms with Crippen LogP contribution in [-0.4, -0.2) is 13.2 Å². The second-order valence-corrected chi connectivity index (χ2v) is 3.35. The molecule has 1 aliphatic rings. The van der Waals surface area contributed by atoms with Gasteiger partial charge in [-0.1, -0.05) is 0 Å². The van der Waals surface area contributed by atoms with Crippen molar-refractivity contribution in [1.82, 2.24) is 0 Å². The fraction of sp³-hybridized carbons (Fsp3) is 0.400. The third kappa shape index (κ3) is 1.80. The molecule has 0 aliphatic carbocycles. The Morgan fingerprint density at radius 1 is 1.36 bits per heavy atom. The standard InChI is InChI=1S/C10H13FN2O/c11-8-3-4-10(9(12)7-8)13-5-1-2-6-14-13/h3-4,7H,1-2,5-6,12H2. The van der Waals surface area contributed by atoms with Crippen molar-refractivity contribution in [2.45, 2.75) is 12.8 Å². The van der Waals surface area contributed by atoms with Gasteiger partial charge in [0.2, 0.25) is 0 Å². The molecule has 0 atom stereocenters. The quantitative estimate of drug-likeness (QED) is 0.697. The molecule has 0 bridgehead atoms. The molecule has 76 valence electrons. The topological polar surface area (TPSA) is 38.5 Å². The number of benzene rings is 1. The number of hydroxylamine groups is 1. The molecule has 2 rings (SSSR count). The second-order valence-electron chi connectivity index (χ2n) is 3.35. The predicted octanol–water partition coefficient (Wildman–Crippen LogP) is 1.94. The molecular formula is C10H13FN2O. The van der Waals surface area contributed by atoms with E-state index in [4.69, 9.17) is 10.6 Å². The lowest BCUT2D eigenvalue weighted by Crippen LogP contribution is -2.30. The van der Waals surface area contributed by atoms with Gasteiger partial charge < -0.3 is 5.73 Å². The maximum Gasteiger partial charge on any atom is 0.125 e. The van der Waals surface area contributed by atoms with Gasteiger partial charge in [-0.25, -0.2) is 4.39 Å². The summed E-state index contributed by atoms with van der Waals surface area (Å²) in [6.07, 6.45) is 2.15. The predicted molar refractivity (Wildman–Crippen MR) is 53.3 cm³/mol. The van der Waals surface area contributed by atoms with E-state index in [1.54, 1.807) is 11.1 Å². The summed E-state index contributed by atoms with van der Waals surface area (Å²) in [5, 5.41) is 1.73. The van der Waals surface area contributed by atoms with Crippen LogP contribution in [0.4, 0.5) is 15.8 Å². The van der Waals surface area contributed by atoms with Crippen LogP contribution in [0.1, 0.15) is 12.8 Å². The molecular weight excluding hydrogens is 183 g/mol. The Bertz CT molecular complexity index is 324. The molecule has 2 N–H and O–H groups in total. The maximum atomic E-state index is 12.8. The molecule has 1 fully saturated rings. The number of hydrogen-bond acceptors (Lipinski definition) is 3. The van der Waals surface area contributed by atoms with Gasteiger partial charge in [0, 0.05) is 6.54 Å². The summed E-state index contributed by atoms with van der Waals surface area (Å²) in [6.45, 7) is 1.52. The number of nitrogens with two attached hydrogens (primary N) is 1. The van der Waals surface area contributed by atoms with E-state index in [2.05, 4.69) is 0 Å². The Kier molecular flexibility index (Phi) is 2.54. The minimum absolute atomic E-state index is 0.316. The van der Waals surface area contributed by atoms with Crippen molar-refractivity contribution in [2.75, 3.05) is 23.9 Å². The zero-order valence-electron chi connectivity index (χ0n) is 7.87. The van der Waals surface area contributed by atoms with Gasteiger partial charge >= 0.3 is 0 Å². The van der Waals surface area contributed by atoms with Gasteiger partial charge in [-0.05, 0) is 31.0 Å². The van der Waals surface area contributed by atoms with Crippen LogP contribution in [0.5, 0.6) is 0 Å². The van der Waals surface area contributed by atoms with Gasteiger partial charge in [0.25, 0.3) is 0 Å². The van der Waals surface area contributed by atoms with E-state index < -0.39 is 0 Å². The maximum absolute atomic E-state index is 12.8. The van der Waals surface area contributed by atoms with Crippen LogP contribution < -0.4 is 10.8 Å². The molecule has 14 heavy (non-hydrogen) atoms. The largest absolute Gasteiger partial charge is 0.397 e. The molecule has 1 heterocycles. The van der Waals surface area contributed by atoms with E-state index in [-0.39, 0.29) is 5.82 Å². The fourth-order valence-electron chi connectivity index (χ4n) is 1.54. The van der Waals surface area contributed by atoms with E-state index in [0.29, 0.717) is 12.3 Å². The Hall–Kier alpha value is -1.29. The molecule has 0 aromatic heterocycles. The first-order chi connectivity index (χ1) is 6.77. The van der Waals surface area contributed by atoms with Crippen LogP contribution in [0.15, 0.2) is 18.2 Å². The first-order valence-electron chi connectivity index (χ1n) is 4.73. The van der Waals surface area contributed by atoms with Crippen molar-refractivity contribution in [3.05, 3.63) is 24.0 Å². The van der Waals surface area contributed by atoms with Crippen LogP contribution in [0.3, 0.4) is 0 Å². The van der Waals surface area contributed by atoms with Crippen LogP contribution in [0.25, 0.3) is 0 Å². The third-order valence-electron chi connectivity index (χ3n) is 2.26. The molecule has 1 aromatic carbocycles. The van der Waals surface area contributed by atoms with Gasteiger partial charge in [0.1, 0.15) is 5.82 Å². The van der Waals surface area contributed by atoms with Gasteiger partial charge in [-0.15, -0.1) is 0 Å². The highest BCUT2D eigenvalue weighted by atomic mass is 19.1. The molecule has 0 unspecified atom stereocenters. The average Bonchev–Trinajstić information content (AvgIpc) is 2.19. The lowest BCUT2D eigenvalue weighted by Gasteiger charge is -2.28. The first kappa shape index (κ1) is 9.27. The minimum atomic E-state index is -0.316. The number of halogens is 1. The molecule has 1 aliphatic heterocycles. The highest BCUT2D eigenvalue weighted by molar-refractivity contribution is 5.66. The number of rotatable bonds is 1. The van der Waals surface area contributed by atoms with Crippen LogP contribution >= 0.6 is 0 Å². The molecule has 0 radical (unpaired) electrons. The van der Waals surface area contributed by atoms with Gasteiger partial charge in [-0.3, -0.25) is 9.90 Å². The lowest BCUT2D eigenvalue weighted by atomic mass is 10.2. The minimum Gasteiger partial charge on any atom is -0.397 e. The number of hydrogen-bond donors (Lipinski definition) is 1. The fourth-order valence-corrected chi connectivity index (χ4v) is 1.54. The molecule has 0 amide bonds. The van der Waals surface area contributed by atoms with Crippen molar-refractivity contribution in [1.29, 1.82) is 0 Å². The number of nitrogen functional groups attached to an aromatic ring is 1. The van der Waals surface area contributed by atoms with E-state index in [0.717, 1.165) is 25.1 Å². The van der Waals surface area contributed by atoms with Crippen molar-refractivity contribution in [2.24, 2.45) is 0 Å². The zero-order valence-corrected chi connectivity index (χ0v) is 7.87. The molecule has 0 saturated carbocycles. The highest BCUT2D eigenvalue weighted by Crippen LogP contribution is 2.26. The van der Waals surface area contributed by atoms with Crippen molar-refractivity contribution in [3.63, 3.8) is 0 Å². The molecule has 4 heteroatoms. The Morgan fingerprint density at radius 2 is 2.21 bits per heavy atom. The molecule has 1 saturated heterocycles. The monoisotopic (exact) mass is 196 g/mol. The average molecular weight is 196 g/mol. The summed E-state index contributed by atoms with van der Waals surface area (Å²) in [5.74, 6) is -0.316. The molecule has 1 aromatic rings. The summed E-state index contributed by atoms with van der Waals surface area (Å²) in [5.41, 5.74) is 6.87. The number of anilines is 2. The number of nitrogens with zero attached hydrogens (tertiary/aromatic N) is 1. The SMILES string of the molecule is Nc1cc(F)ccc1N1CCCCO1. The summed E-state index contributed by atoms with van der Waals surface area (Å²) in [7, 11) is 0. The van der Waals surface area contributed by atoms with Crippen molar-refractivity contribution in [3.8, 4) is 0 Å². The molecule has 3 nitrogen and oxygen atoms in total. The van der Waals surface area contributed by atoms with Crippen LogP contribution in [0, 0.1) is 5.82 Å². The second kappa shape index (κ2) is 3.84.